The molecule has 146 valence electrons. The van der Waals surface area contributed by atoms with Crippen LogP contribution < -0.4 is 15.8 Å². The molecule has 2 aromatic rings. The number of aryl methyl sites for hydroxylation is 1. The molecule has 0 heterocycles. The number of hydroxylamine groups is 1. The zero-order valence-corrected chi connectivity index (χ0v) is 16.0. The van der Waals surface area contributed by atoms with Crippen molar-refractivity contribution in [2.45, 2.75) is 11.8 Å². The lowest BCUT2D eigenvalue weighted by molar-refractivity contribution is 0.228. The van der Waals surface area contributed by atoms with Gasteiger partial charge in [0.15, 0.2) is 0 Å². The molecule has 0 radical (unpaired) electrons. The van der Waals surface area contributed by atoms with Crippen LogP contribution in [0, 0.1) is 12.3 Å². The van der Waals surface area contributed by atoms with Crippen molar-refractivity contribution in [1.29, 1.82) is 5.41 Å². The highest BCUT2D eigenvalue weighted by Crippen LogP contribution is 2.10. The van der Waals surface area contributed by atoms with Gasteiger partial charge in [0.05, 0.1) is 11.1 Å². The van der Waals surface area contributed by atoms with Crippen LogP contribution in [0.1, 0.15) is 11.1 Å². The number of hydrazone groups is 1. The topological polar surface area (TPSA) is 138 Å². The van der Waals surface area contributed by atoms with Gasteiger partial charge in [-0.25, -0.2) is 10.9 Å². The number of anilines is 1. The van der Waals surface area contributed by atoms with Crippen LogP contribution in [0.3, 0.4) is 0 Å². The zero-order chi connectivity index (χ0) is 20.4. The molecule has 5 N–H and O–H groups in total. The molecule has 9 nitrogen and oxygen atoms in total. The first kappa shape index (κ1) is 22.1. The number of nitrogens with one attached hydrogen (secondary N) is 3. The first-order valence-corrected chi connectivity index (χ1v) is 9.16. The first-order chi connectivity index (χ1) is 12.6. The highest BCUT2D eigenvalue weighted by Gasteiger charge is 2.06. The van der Waals surface area contributed by atoms with Gasteiger partial charge in [0.2, 0.25) is 5.96 Å². The largest absolute Gasteiger partial charge is 0.378 e. The standard InChI is InChI=1S/C10H15N5O.C7H8O3S/c1-15(2)9-5-3-8(4-6-9)7-12-13-10(11)14-16;1-6-2-4-7(5-3-6)11(8,9)10/h3-7,16H,1-2H3,(H3,11,13,14);2-5H,1H3,(H,8,9,10)/b12-7+;. The van der Waals surface area contributed by atoms with Crippen LogP contribution in [0.2, 0.25) is 0 Å². The third-order valence-electron chi connectivity index (χ3n) is 3.23. The van der Waals surface area contributed by atoms with Crippen LogP contribution in [-0.2, 0) is 10.1 Å². The summed E-state index contributed by atoms with van der Waals surface area (Å²) < 4.78 is 29.6. The van der Waals surface area contributed by atoms with Gasteiger partial charge in [-0.2, -0.15) is 13.5 Å². The van der Waals surface area contributed by atoms with E-state index < -0.39 is 10.1 Å². The van der Waals surface area contributed by atoms with Crippen molar-refractivity contribution < 1.29 is 18.2 Å². The van der Waals surface area contributed by atoms with Crippen LogP contribution in [-0.4, -0.2) is 44.4 Å². The number of nitrogens with zero attached hydrogens (tertiary/aromatic N) is 2. The minimum Gasteiger partial charge on any atom is -0.378 e. The number of hydrogen-bond acceptors (Lipinski definition) is 6. The van der Waals surface area contributed by atoms with E-state index in [1.165, 1.54) is 12.1 Å². The smallest absolute Gasteiger partial charge is 0.294 e. The lowest BCUT2D eigenvalue weighted by Crippen LogP contribution is -2.30. The van der Waals surface area contributed by atoms with E-state index in [9.17, 15) is 8.42 Å². The molecule has 10 heteroatoms. The van der Waals surface area contributed by atoms with Crippen LogP contribution in [0.5, 0.6) is 0 Å². The number of hydrogen-bond donors (Lipinski definition) is 5. The van der Waals surface area contributed by atoms with E-state index in [0.29, 0.717) is 0 Å². The van der Waals surface area contributed by atoms with Crippen LogP contribution in [0.4, 0.5) is 5.69 Å². The molecule has 0 saturated carbocycles. The van der Waals surface area contributed by atoms with E-state index in [2.05, 4.69) is 10.5 Å². The summed E-state index contributed by atoms with van der Waals surface area (Å²) in [7, 11) is -0.0773. The molecule has 0 fully saturated rings. The Morgan fingerprint density at radius 2 is 1.67 bits per heavy atom. The van der Waals surface area contributed by atoms with Crippen LogP contribution in [0.15, 0.2) is 58.5 Å². The lowest BCUT2D eigenvalue weighted by atomic mass is 10.2. The molecule has 0 aromatic heterocycles. The minimum absolute atomic E-state index is 0.0666. The number of benzene rings is 2. The Balaban J connectivity index is 0.000000289. The van der Waals surface area contributed by atoms with Crippen molar-refractivity contribution >= 4 is 28.0 Å². The lowest BCUT2D eigenvalue weighted by Gasteiger charge is -2.11. The van der Waals surface area contributed by atoms with Crippen molar-refractivity contribution in [2.75, 3.05) is 19.0 Å². The van der Waals surface area contributed by atoms with Gasteiger partial charge in [-0.1, -0.05) is 29.8 Å². The van der Waals surface area contributed by atoms with E-state index in [1.807, 2.05) is 50.2 Å². The molecular weight excluding hydrogens is 370 g/mol. The molecule has 0 aliphatic heterocycles. The quantitative estimate of drug-likeness (QED) is 0.231. The number of rotatable bonds is 4. The second kappa shape index (κ2) is 10.3. The third kappa shape index (κ3) is 8.31. The fourth-order valence-corrected chi connectivity index (χ4v) is 2.25. The summed E-state index contributed by atoms with van der Waals surface area (Å²) >= 11 is 0. The monoisotopic (exact) mass is 393 g/mol. The van der Waals surface area contributed by atoms with Gasteiger partial charge in [-0.15, -0.1) is 0 Å². The molecule has 2 aromatic carbocycles. The van der Waals surface area contributed by atoms with Crippen LogP contribution >= 0.6 is 0 Å². The van der Waals surface area contributed by atoms with E-state index in [0.717, 1.165) is 16.8 Å². The molecule has 0 atom stereocenters. The second-order valence-corrected chi connectivity index (χ2v) is 7.05. The molecular formula is C17H23N5O4S. The molecule has 0 spiro atoms. The van der Waals surface area contributed by atoms with Crippen molar-refractivity contribution in [3.05, 3.63) is 59.7 Å². The van der Waals surface area contributed by atoms with E-state index >= 15 is 0 Å². The maximum absolute atomic E-state index is 10.5. The highest BCUT2D eigenvalue weighted by molar-refractivity contribution is 7.85. The van der Waals surface area contributed by atoms with E-state index in [-0.39, 0.29) is 10.9 Å². The Morgan fingerprint density at radius 3 is 2.11 bits per heavy atom. The fourth-order valence-electron chi connectivity index (χ4n) is 1.77. The Labute approximate surface area is 158 Å². The number of guanidine groups is 1. The molecule has 0 aliphatic carbocycles. The molecule has 0 unspecified atom stereocenters. The summed E-state index contributed by atoms with van der Waals surface area (Å²) in [5, 5.41) is 19.1. The van der Waals surface area contributed by atoms with E-state index in [1.54, 1.807) is 23.8 Å². The van der Waals surface area contributed by atoms with Gasteiger partial charge in [0, 0.05) is 19.8 Å². The molecule has 0 amide bonds. The summed E-state index contributed by atoms with van der Waals surface area (Å²) in [4.78, 5) is 1.94. The predicted molar refractivity (Wildman–Crippen MR) is 105 cm³/mol. The highest BCUT2D eigenvalue weighted by atomic mass is 32.2. The molecule has 2 rings (SSSR count). The summed E-state index contributed by atoms with van der Waals surface area (Å²) in [6, 6.07) is 13.8. The first-order valence-electron chi connectivity index (χ1n) is 7.72. The molecule has 27 heavy (non-hydrogen) atoms. The summed E-state index contributed by atoms with van der Waals surface area (Å²) in [5.41, 5.74) is 6.90. The second-order valence-electron chi connectivity index (χ2n) is 5.63. The van der Waals surface area contributed by atoms with Gasteiger partial charge in [0.25, 0.3) is 10.1 Å². The normalized spacial score (nSPS) is 10.7. The molecule has 0 bridgehead atoms. The van der Waals surface area contributed by atoms with Gasteiger partial charge in [-0.05, 0) is 36.8 Å². The summed E-state index contributed by atoms with van der Waals surface area (Å²) in [6.07, 6.45) is 1.56. The predicted octanol–water partition coefficient (Wildman–Crippen LogP) is 1.83. The van der Waals surface area contributed by atoms with Gasteiger partial charge < -0.3 is 4.90 Å². The van der Waals surface area contributed by atoms with Gasteiger partial charge in [-0.3, -0.25) is 15.2 Å². The van der Waals surface area contributed by atoms with Crippen molar-refractivity contribution in [3.8, 4) is 0 Å². The van der Waals surface area contributed by atoms with Crippen molar-refractivity contribution in [1.82, 2.24) is 10.9 Å². The van der Waals surface area contributed by atoms with Gasteiger partial charge in [0.1, 0.15) is 0 Å². The van der Waals surface area contributed by atoms with Crippen molar-refractivity contribution in [2.24, 2.45) is 5.10 Å². The van der Waals surface area contributed by atoms with Gasteiger partial charge >= 0.3 is 0 Å². The average Bonchev–Trinajstić information content (AvgIpc) is 2.62. The Bertz CT molecular complexity index is 863. The fraction of sp³-hybridized carbons (Fsp3) is 0.176. The maximum Gasteiger partial charge on any atom is 0.294 e. The SMILES string of the molecule is CN(C)c1ccc(/C=N/NC(=N)NO)cc1.Cc1ccc(S(=O)(=O)O)cc1. The van der Waals surface area contributed by atoms with Crippen molar-refractivity contribution in [3.63, 3.8) is 0 Å². The maximum atomic E-state index is 10.5. The molecule has 0 aliphatic rings. The Kier molecular flexibility index (Phi) is 8.39. The Morgan fingerprint density at radius 1 is 1.11 bits per heavy atom. The minimum atomic E-state index is -4.02. The Hall–Kier alpha value is -2.95. The van der Waals surface area contributed by atoms with E-state index in [4.69, 9.17) is 15.2 Å². The summed E-state index contributed by atoms with van der Waals surface area (Å²) in [6.45, 7) is 1.84. The van der Waals surface area contributed by atoms with Crippen LogP contribution in [0.25, 0.3) is 0 Å². The third-order valence-corrected chi connectivity index (χ3v) is 4.10. The average molecular weight is 393 g/mol. The zero-order valence-electron chi connectivity index (χ0n) is 15.2. The summed E-state index contributed by atoms with van der Waals surface area (Å²) in [5.74, 6) is -0.277. The molecule has 0 saturated heterocycles.